The van der Waals surface area contributed by atoms with Gasteiger partial charge in [-0.3, -0.25) is 4.79 Å². The summed E-state index contributed by atoms with van der Waals surface area (Å²) in [6, 6.07) is 18.3. The summed E-state index contributed by atoms with van der Waals surface area (Å²) in [6.45, 7) is 10.2. The second-order valence-corrected chi connectivity index (χ2v) is 21.5. The molecule has 0 bridgehead atoms. The molecule has 0 unspecified atom stereocenters. The molecule has 0 saturated heterocycles. The smallest absolute Gasteiger partial charge is 0.313 e. The van der Waals surface area contributed by atoms with Crippen LogP contribution >= 0.6 is 0 Å². The highest BCUT2D eigenvalue weighted by Gasteiger charge is 2.49. The lowest BCUT2D eigenvalue weighted by Crippen LogP contribution is -2.54. The van der Waals surface area contributed by atoms with Crippen molar-refractivity contribution in [1.82, 2.24) is 8.28 Å². The van der Waals surface area contributed by atoms with Crippen LogP contribution in [0, 0.1) is 19.8 Å². The Bertz CT molecular complexity index is 2060. The van der Waals surface area contributed by atoms with Gasteiger partial charge in [0.05, 0.1) is 42.5 Å². The van der Waals surface area contributed by atoms with Crippen molar-refractivity contribution >= 4 is 50.6 Å². The van der Waals surface area contributed by atoms with Gasteiger partial charge in [-0.25, -0.2) is 20.8 Å². The lowest BCUT2D eigenvalue weighted by atomic mass is 9.80. The highest BCUT2D eigenvalue weighted by molar-refractivity contribution is 7.90. The fraction of sp³-hybridized carbons (Fsp3) is 0.303. The Morgan fingerprint density at radius 1 is 0.841 bits per heavy atom. The number of carbonyl (C=O) groups excluding carboxylic acids is 1. The number of nitrogens with zero attached hydrogens (tertiary/aromatic N) is 2. The van der Waals surface area contributed by atoms with Crippen molar-refractivity contribution in [3.05, 3.63) is 100 Å². The van der Waals surface area contributed by atoms with E-state index >= 15 is 0 Å². The van der Waals surface area contributed by atoms with Gasteiger partial charge in [0.2, 0.25) is 10.0 Å². The lowest BCUT2D eigenvalue weighted by Gasteiger charge is -2.46. The number of methoxy groups -OCH3 is 1. The molecule has 0 saturated carbocycles. The Balaban J connectivity index is 1.64. The molecule has 1 aliphatic heterocycles. The van der Waals surface area contributed by atoms with E-state index in [2.05, 4.69) is 19.6 Å². The third kappa shape index (κ3) is 4.77. The normalized spacial score (nSPS) is 19.2. The molecule has 230 valence electrons. The average molecular weight is 649 g/mol. The van der Waals surface area contributed by atoms with Gasteiger partial charge in [0.15, 0.2) is 0 Å². The van der Waals surface area contributed by atoms with Crippen molar-refractivity contribution in [2.24, 2.45) is 5.92 Å². The van der Waals surface area contributed by atoms with E-state index in [0.29, 0.717) is 5.52 Å². The molecule has 0 radical (unpaired) electrons. The molecule has 6 rings (SSSR count). The number of aryl methyl sites for hydroxylation is 2. The van der Waals surface area contributed by atoms with Crippen LogP contribution in [-0.4, -0.2) is 58.9 Å². The molecule has 1 aromatic heterocycles. The van der Waals surface area contributed by atoms with E-state index in [-0.39, 0.29) is 22.8 Å². The predicted molar refractivity (Wildman–Crippen MR) is 174 cm³/mol. The van der Waals surface area contributed by atoms with Crippen LogP contribution in [-0.2, 0) is 36.0 Å². The zero-order chi connectivity index (χ0) is 31.8. The Morgan fingerprint density at radius 2 is 1.41 bits per heavy atom. The van der Waals surface area contributed by atoms with Crippen molar-refractivity contribution < 1.29 is 26.4 Å². The molecule has 2 atom stereocenters. The van der Waals surface area contributed by atoms with Gasteiger partial charge in [-0.1, -0.05) is 72.4 Å². The van der Waals surface area contributed by atoms with Crippen LogP contribution in [0.1, 0.15) is 22.3 Å². The SMILES string of the molecule is COC(=O)[C@H]1CN(S(=O)(=O)c2ccc(C)cc2)[C@@H]2Cc3cn(S(=O)(=O)c4ccc(C)cc4)c4cccc(c34)C2=C1[Si](C)(C)C. The van der Waals surface area contributed by atoms with Gasteiger partial charge in [0, 0.05) is 18.1 Å². The van der Waals surface area contributed by atoms with E-state index < -0.39 is 46.0 Å². The van der Waals surface area contributed by atoms with E-state index in [1.165, 1.54) is 15.4 Å². The monoisotopic (exact) mass is 648 g/mol. The molecule has 4 aromatic rings. The van der Waals surface area contributed by atoms with Crippen molar-refractivity contribution in [3.63, 3.8) is 0 Å². The van der Waals surface area contributed by atoms with Gasteiger partial charge in [-0.15, -0.1) is 0 Å². The highest BCUT2D eigenvalue weighted by atomic mass is 32.2. The maximum absolute atomic E-state index is 14.4. The fourth-order valence-electron chi connectivity index (χ4n) is 6.76. The van der Waals surface area contributed by atoms with E-state index in [1.54, 1.807) is 66.9 Å². The second kappa shape index (κ2) is 10.5. The van der Waals surface area contributed by atoms with Crippen LogP contribution < -0.4 is 0 Å². The van der Waals surface area contributed by atoms with Crippen molar-refractivity contribution in [3.8, 4) is 0 Å². The van der Waals surface area contributed by atoms with Gasteiger partial charge in [0.1, 0.15) is 0 Å². The summed E-state index contributed by atoms with van der Waals surface area (Å²) in [5, 5.41) is 1.71. The number of esters is 1. The third-order valence-electron chi connectivity index (χ3n) is 8.76. The lowest BCUT2D eigenvalue weighted by molar-refractivity contribution is -0.144. The summed E-state index contributed by atoms with van der Waals surface area (Å²) < 4.78 is 64.7. The first-order valence-electron chi connectivity index (χ1n) is 14.5. The molecular weight excluding hydrogens is 613 g/mol. The number of ether oxygens (including phenoxy) is 1. The molecule has 2 aliphatic rings. The molecule has 0 N–H and O–H groups in total. The number of rotatable bonds is 6. The molecule has 0 fully saturated rings. The molecule has 11 heteroatoms. The molecule has 3 aromatic carbocycles. The molecule has 8 nitrogen and oxygen atoms in total. The number of hydrogen-bond donors (Lipinski definition) is 0. The number of fused-ring (bicyclic) bond motifs is 2. The van der Waals surface area contributed by atoms with E-state index in [4.69, 9.17) is 4.74 Å². The number of carbonyl (C=O) groups is 1. The first kappa shape index (κ1) is 30.5. The molecule has 44 heavy (non-hydrogen) atoms. The van der Waals surface area contributed by atoms with Crippen LogP contribution in [0.25, 0.3) is 16.5 Å². The van der Waals surface area contributed by atoms with Gasteiger partial charge in [-0.05, 0) is 67.3 Å². The molecule has 0 spiro atoms. The highest BCUT2D eigenvalue weighted by Crippen LogP contribution is 2.49. The number of benzene rings is 3. The van der Waals surface area contributed by atoms with Gasteiger partial charge >= 0.3 is 5.97 Å². The van der Waals surface area contributed by atoms with Crippen molar-refractivity contribution in [2.45, 2.75) is 55.7 Å². The van der Waals surface area contributed by atoms with Gasteiger partial charge < -0.3 is 4.74 Å². The van der Waals surface area contributed by atoms with Gasteiger partial charge in [-0.2, -0.15) is 4.31 Å². The maximum atomic E-state index is 14.4. The first-order valence-corrected chi connectivity index (χ1v) is 20.9. The van der Waals surface area contributed by atoms with Crippen molar-refractivity contribution in [1.29, 1.82) is 0 Å². The first-order chi connectivity index (χ1) is 20.7. The zero-order valence-electron chi connectivity index (χ0n) is 25.7. The van der Waals surface area contributed by atoms with Crippen LogP contribution in [0.4, 0.5) is 0 Å². The van der Waals surface area contributed by atoms with E-state index in [0.717, 1.165) is 38.4 Å². The van der Waals surface area contributed by atoms with Crippen LogP contribution in [0.2, 0.25) is 19.6 Å². The molecule has 1 aliphatic carbocycles. The average Bonchev–Trinajstić information content (AvgIpc) is 3.36. The van der Waals surface area contributed by atoms with Crippen molar-refractivity contribution in [2.75, 3.05) is 13.7 Å². The van der Waals surface area contributed by atoms with E-state index in [9.17, 15) is 21.6 Å². The van der Waals surface area contributed by atoms with Crippen LogP contribution in [0.3, 0.4) is 0 Å². The standard InChI is InChI=1S/C33H36N2O6S2Si/c1-21-10-14-24(15-11-21)42(37,38)34-19-23-18-29-31(26-8-7-9-28(34)30(23)26)32(44(4,5)6)27(33(36)41-3)20-35(29)43(39,40)25-16-12-22(2)13-17-25/h7-17,19,27,29H,18,20H2,1-6H3/t27-,29+/m0/s1. The zero-order valence-corrected chi connectivity index (χ0v) is 28.3. The van der Waals surface area contributed by atoms with E-state index in [1.807, 2.05) is 19.9 Å². The van der Waals surface area contributed by atoms with Gasteiger partial charge in [0.25, 0.3) is 10.0 Å². The fourth-order valence-corrected chi connectivity index (χ4v) is 12.1. The van der Waals surface area contributed by atoms with Crippen LogP contribution in [0.5, 0.6) is 0 Å². The van der Waals surface area contributed by atoms with Crippen LogP contribution in [0.15, 0.2) is 87.9 Å². The second-order valence-electron chi connectivity index (χ2n) is 12.7. The minimum atomic E-state index is -4.05. The topological polar surface area (TPSA) is 103 Å². The summed E-state index contributed by atoms with van der Waals surface area (Å²) in [5.41, 5.74) is 4.71. The predicted octanol–water partition coefficient (Wildman–Crippen LogP) is 5.54. The summed E-state index contributed by atoms with van der Waals surface area (Å²) in [5.74, 6) is -1.26. The summed E-state index contributed by atoms with van der Waals surface area (Å²) >= 11 is 0. The quantitative estimate of drug-likeness (QED) is 0.201. The Morgan fingerprint density at radius 3 is 1.95 bits per heavy atom. The summed E-state index contributed by atoms with van der Waals surface area (Å²) in [7, 11) is -8.95. The maximum Gasteiger partial charge on any atom is 0.313 e. The summed E-state index contributed by atoms with van der Waals surface area (Å²) in [6.07, 6.45) is 1.91. The minimum absolute atomic E-state index is 0.0513. The number of sulfonamides is 1. The Kier molecular flexibility index (Phi) is 7.31. The summed E-state index contributed by atoms with van der Waals surface area (Å²) in [4.78, 5) is 13.7. The third-order valence-corrected chi connectivity index (χ3v) is 14.6. The number of aromatic nitrogens is 1. The molecule has 0 amide bonds. The molecular formula is C33H36N2O6S2Si. The number of hydrogen-bond acceptors (Lipinski definition) is 6. The minimum Gasteiger partial charge on any atom is -0.469 e. The Labute approximate surface area is 260 Å². The molecule has 2 heterocycles. The largest absolute Gasteiger partial charge is 0.469 e. The Hall–Kier alpha value is -3.51.